The van der Waals surface area contributed by atoms with Crippen LogP contribution in [0.25, 0.3) is 11.2 Å². The van der Waals surface area contributed by atoms with Gasteiger partial charge in [0.05, 0.1) is 6.04 Å². The van der Waals surface area contributed by atoms with E-state index in [1.807, 2.05) is 0 Å². The number of hydrogen-bond donors (Lipinski definition) is 1. The zero-order valence-electron chi connectivity index (χ0n) is 7.66. The second-order valence-corrected chi connectivity index (χ2v) is 3.46. The smallest absolute Gasteiger partial charge is 0.357 e. The summed E-state index contributed by atoms with van der Waals surface area (Å²) in [7, 11) is 0. The molecule has 2 heterocycles. The van der Waals surface area contributed by atoms with Gasteiger partial charge in [0.25, 0.3) is 0 Å². The van der Waals surface area contributed by atoms with E-state index in [1.165, 1.54) is 6.33 Å². The fourth-order valence-electron chi connectivity index (χ4n) is 1.49. The summed E-state index contributed by atoms with van der Waals surface area (Å²) in [4.78, 5) is 18.5. The Morgan fingerprint density at radius 3 is 2.93 bits per heavy atom. The molecule has 76 valence electrons. The van der Waals surface area contributed by atoms with Gasteiger partial charge in [0.15, 0.2) is 16.9 Å². The molecule has 1 aliphatic carbocycles. The van der Waals surface area contributed by atoms with Crippen LogP contribution in [0.4, 0.5) is 0 Å². The minimum atomic E-state index is -1.11. The Morgan fingerprint density at radius 1 is 1.47 bits per heavy atom. The molecule has 1 fully saturated rings. The monoisotopic (exact) mass is 205 g/mol. The number of aromatic nitrogens is 5. The van der Waals surface area contributed by atoms with Crippen LogP contribution >= 0.6 is 0 Å². The van der Waals surface area contributed by atoms with Crippen LogP contribution in [-0.4, -0.2) is 36.0 Å². The molecule has 0 bridgehead atoms. The normalized spacial score (nSPS) is 15.7. The lowest BCUT2D eigenvalue weighted by Gasteiger charge is -1.96. The molecule has 7 heteroatoms. The maximum atomic E-state index is 10.8. The van der Waals surface area contributed by atoms with Gasteiger partial charge in [-0.25, -0.2) is 19.4 Å². The number of carboxylic acid groups (broad SMARTS) is 1. The lowest BCUT2D eigenvalue weighted by atomic mass is 10.3. The Kier molecular flexibility index (Phi) is 1.50. The van der Waals surface area contributed by atoms with Crippen molar-refractivity contribution in [3.63, 3.8) is 0 Å². The quantitative estimate of drug-likeness (QED) is 0.755. The van der Waals surface area contributed by atoms with Gasteiger partial charge in [0.2, 0.25) is 0 Å². The maximum absolute atomic E-state index is 10.8. The first-order valence-corrected chi connectivity index (χ1v) is 4.56. The van der Waals surface area contributed by atoms with E-state index in [2.05, 4.69) is 20.3 Å². The Hall–Kier alpha value is -2.05. The molecule has 3 rings (SSSR count). The fraction of sp³-hybridized carbons (Fsp3) is 0.375. The predicted molar refractivity (Wildman–Crippen MR) is 48.3 cm³/mol. The highest BCUT2D eigenvalue weighted by atomic mass is 16.4. The van der Waals surface area contributed by atoms with Gasteiger partial charge in [0.1, 0.15) is 6.33 Å². The van der Waals surface area contributed by atoms with E-state index in [0.29, 0.717) is 11.7 Å². The van der Waals surface area contributed by atoms with E-state index in [0.717, 1.165) is 12.8 Å². The van der Waals surface area contributed by atoms with Crippen molar-refractivity contribution in [1.82, 2.24) is 25.0 Å². The van der Waals surface area contributed by atoms with Crippen LogP contribution in [0.3, 0.4) is 0 Å². The van der Waals surface area contributed by atoms with E-state index in [1.54, 1.807) is 4.68 Å². The zero-order valence-corrected chi connectivity index (χ0v) is 7.66. The average molecular weight is 205 g/mol. The molecule has 0 radical (unpaired) electrons. The molecule has 0 amide bonds. The van der Waals surface area contributed by atoms with Crippen LogP contribution < -0.4 is 0 Å². The van der Waals surface area contributed by atoms with E-state index in [9.17, 15) is 4.79 Å². The van der Waals surface area contributed by atoms with Crippen molar-refractivity contribution in [2.24, 2.45) is 0 Å². The second-order valence-electron chi connectivity index (χ2n) is 3.46. The van der Waals surface area contributed by atoms with Crippen molar-refractivity contribution in [2.75, 3.05) is 0 Å². The fourth-order valence-corrected chi connectivity index (χ4v) is 1.49. The molecule has 1 aliphatic rings. The number of carbonyl (C=O) groups is 1. The van der Waals surface area contributed by atoms with Gasteiger partial charge in [-0.2, -0.15) is 0 Å². The number of carboxylic acids is 1. The highest BCUT2D eigenvalue weighted by Crippen LogP contribution is 2.35. The molecule has 0 spiro atoms. The zero-order chi connectivity index (χ0) is 10.4. The van der Waals surface area contributed by atoms with E-state index >= 15 is 0 Å². The SMILES string of the molecule is O=C(O)c1ncnc2c1nnn2C1CC1. The number of fused-ring (bicyclic) bond motifs is 1. The molecule has 2 aromatic rings. The number of hydrogen-bond acceptors (Lipinski definition) is 5. The third kappa shape index (κ3) is 1.16. The third-order valence-corrected chi connectivity index (χ3v) is 2.36. The van der Waals surface area contributed by atoms with Gasteiger partial charge in [-0.15, -0.1) is 5.10 Å². The highest BCUT2D eigenvalue weighted by Gasteiger charge is 2.28. The first-order chi connectivity index (χ1) is 7.27. The van der Waals surface area contributed by atoms with Crippen molar-refractivity contribution in [3.05, 3.63) is 12.0 Å². The first-order valence-electron chi connectivity index (χ1n) is 4.56. The summed E-state index contributed by atoms with van der Waals surface area (Å²) in [6, 6.07) is 0.326. The van der Waals surface area contributed by atoms with Gasteiger partial charge < -0.3 is 5.11 Å². The summed E-state index contributed by atoms with van der Waals surface area (Å²) in [5.41, 5.74) is 0.675. The minimum absolute atomic E-state index is 0.0908. The molecular weight excluding hydrogens is 198 g/mol. The van der Waals surface area contributed by atoms with Crippen LogP contribution in [0.2, 0.25) is 0 Å². The first kappa shape index (κ1) is 8.27. The topological polar surface area (TPSA) is 93.8 Å². The van der Waals surface area contributed by atoms with Crippen LogP contribution in [-0.2, 0) is 0 Å². The van der Waals surface area contributed by atoms with Gasteiger partial charge in [-0.3, -0.25) is 0 Å². The van der Waals surface area contributed by atoms with Crippen molar-refractivity contribution in [1.29, 1.82) is 0 Å². The Bertz CT molecular complexity index is 545. The Balaban J connectivity index is 2.27. The molecule has 0 atom stereocenters. The van der Waals surface area contributed by atoms with Gasteiger partial charge in [-0.05, 0) is 12.8 Å². The van der Waals surface area contributed by atoms with Gasteiger partial charge >= 0.3 is 5.97 Å². The van der Waals surface area contributed by atoms with Gasteiger partial charge in [0, 0.05) is 0 Å². The molecule has 0 aromatic carbocycles. The molecule has 15 heavy (non-hydrogen) atoms. The van der Waals surface area contributed by atoms with E-state index in [-0.39, 0.29) is 11.2 Å². The molecule has 0 unspecified atom stereocenters. The molecule has 1 saturated carbocycles. The van der Waals surface area contributed by atoms with Crippen LogP contribution in [0.15, 0.2) is 6.33 Å². The lowest BCUT2D eigenvalue weighted by Crippen LogP contribution is -2.03. The minimum Gasteiger partial charge on any atom is -0.476 e. The highest BCUT2D eigenvalue weighted by molar-refractivity contribution is 5.97. The average Bonchev–Trinajstić information content (AvgIpc) is 2.97. The van der Waals surface area contributed by atoms with Gasteiger partial charge in [-0.1, -0.05) is 5.21 Å². The number of rotatable bonds is 2. The summed E-state index contributed by atoms with van der Waals surface area (Å²) in [6.07, 6.45) is 3.32. The predicted octanol–water partition coefficient (Wildman–Crippen LogP) is 0.254. The summed E-state index contributed by atoms with van der Waals surface area (Å²) in [5.74, 6) is -1.11. The lowest BCUT2D eigenvalue weighted by molar-refractivity contribution is 0.0692. The Morgan fingerprint density at radius 2 is 2.27 bits per heavy atom. The van der Waals surface area contributed by atoms with E-state index < -0.39 is 5.97 Å². The molecule has 2 aromatic heterocycles. The number of nitrogens with zero attached hydrogens (tertiary/aromatic N) is 5. The summed E-state index contributed by atoms with van der Waals surface area (Å²) >= 11 is 0. The summed E-state index contributed by atoms with van der Waals surface area (Å²) in [5, 5.41) is 16.6. The van der Waals surface area contributed by atoms with Crippen molar-refractivity contribution < 1.29 is 9.90 Å². The van der Waals surface area contributed by atoms with Crippen molar-refractivity contribution in [3.8, 4) is 0 Å². The molecular formula is C8H7N5O2. The summed E-state index contributed by atoms with van der Waals surface area (Å²) < 4.78 is 1.67. The van der Waals surface area contributed by atoms with Crippen molar-refractivity contribution >= 4 is 17.1 Å². The maximum Gasteiger partial charge on any atom is 0.357 e. The number of aromatic carboxylic acids is 1. The summed E-state index contributed by atoms with van der Waals surface area (Å²) in [6.45, 7) is 0. The molecule has 7 nitrogen and oxygen atoms in total. The van der Waals surface area contributed by atoms with Crippen LogP contribution in [0.5, 0.6) is 0 Å². The molecule has 0 aliphatic heterocycles. The Labute approximate surface area is 83.8 Å². The third-order valence-electron chi connectivity index (χ3n) is 2.36. The molecule has 0 saturated heterocycles. The van der Waals surface area contributed by atoms with Crippen molar-refractivity contribution in [2.45, 2.75) is 18.9 Å². The standard InChI is InChI=1S/C8H7N5O2/c14-8(15)6-5-7(10-3-9-6)13(12-11-5)4-1-2-4/h3-4H,1-2H2,(H,14,15). The second kappa shape index (κ2) is 2.72. The van der Waals surface area contributed by atoms with Crippen LogP contribution in [0, 0.1) is 0 Å². The van der Waals surface area contributed by atoms with E-state index in [4.69, 9.17) is 5.11 Å². The van der Waals surface area contributed by atoms with Crippen LogP contribution in [0.1, 0.15) is 29.4 Å². The largest absolute Gasteiger partial charge is 0.476 e. The molecule has 1 N–H and O–H groups in total.